The zero-order valence-corrected chi connectivity index (χ0v) is 18.8. The van der Waals surface area contributed by atoms with Gasteiger partial charge in [0.2, 0.25) is 0 Å². The van der Waals surface area contributed by atoms with Gasteiger partial charge in [-0.25, -0.2) is 0 Å². The number of hydrogen-bond acceptors (Lipinski definition) is 2. The van der Waals surface area contributed by atoms with Gasteiger partial charge in [0, 0.05) is 43.3 Å². The quantitative estimate of drug-likeness (QED) is 0.437. The van der Waals surface area contributed by atoms with E-state index in [1.54, 1.807) is 0 Å². The van der Waals surface area contributed by atoms with Crippen LogP contribution < -0.4 is 5.32 Å². The summed E-state index contributed by atoms with van der Waals surface area (Å²) in [5, 5.41) is 8.10. The summed E-state index contributed by atoms with van der Waals surface area (Å²) in [6, 6.07) is 2.13. The minimum absolute atomic E-state index is 0. The fraction of sp³-hybridized carbons (Fsp3) is 0.778. The van der Waals surface area contributed by atoms with Gasteiger partial charge in [-0.1, -0.05) is 20.8 Å². The molecule has 1 atom stereocenters. The maximum atomic E-state index is 4.55. The minimum Gasteiger partial charge on any atom is -0.356 e. The van der Waals surface area contributed by atoms with E-state index in [0.717, 1.165) is 31.3 Å². The minimum atomic E-state index is 0. The number of nitrogens with one attached hydrogen (secondary N) is 1. The zero-order valence-electron chi connectivity index (χ0n) is 16.5. The third-order valence-corrected chi connectivity index (χ3v) is 5.55. The number of nitrogens with zero attached hydrogens (tertiary/aromatic N) is 4. The van der Waals surface area contributed by atoms with E-state index in [9.17, 15) is 0 Å². The number of guanidine groups is 1. The number of likely N-dealkylation sites (tertiary alicyclic amines) is 1. The number of aryl methyl sites for hydroxylation is 2. The topological polar surface area (TPSA) is 45.5 Å². The van der Waals surface area contributed by atoms with Gasteiger partial charge in [-0.3, -0.25) is 9.67 Å². The standard InChI is InChI=1S/C18H33N5.HI/c1-13(11-23-15(3)9-14(2)21-23)10-20-16(19-8)22-12-17(4,5)18(22,6)7;/h9,13H,10-12H2,1-8H3,(H,19,20);1H. The van der Waals surface area contributed by atoms with Crippen LogP contribution in [0, 0.1) is 25.2 Å². The van der Waals surface area contributed by atoms with Crippen molar-refractivity contribution < 1.29 is 0 Å². The Morgan fingerprint density at radius 3 is 2.38 bits per heavy atom. The molecule has 0 aliphatic carbocycles. The Hall–Kier alpha value is -0.790. The summed E-state index contributed by atoms with van der Waals surface area (Å²) in [6.45, 7) is 18.5. The Morgan fingerprint density at radius 2 is 1.96 bits per heavy atom. The molecule has 0 amide bonds. The molecule has 1 N–H and O–H groups in total. The third-order valence-electron chi connectivity index (χ3n) is 5.55. The summed E-state index contributed by atoms with van der Waals surface area (Å²) in [5.41, 5.74) is 2.76. The van der Waals surface area contributed by atoms with Crippen molar-refractivity contribution >= 4 is 29.9 Å². The van der Waals surface area contributed by atoms with Gasteiger partial charge in [-0.2, -0.15) is 5.10 Å². The van der Waals surface area contributed by atoms with E-state index >= 15 is 0 Å². The van der Waals surface area contributed by atoms with E-state index < -0.39 is 0 Å². The average molecular weight is 447 g/mol. The molecular formula is C18H34IN5. The lowest BCUT2D eigenvalue weighted by molar-refractivity contribution is -0.0668. The summed E-state index contributed by atoms with van der Waals surface area (Å²) >= 11 is 0. The van der Waals surface area contributed by atoms with E-state index in [4.69, 9.17) is 0 Å². The Morgan fingerprint density at radius 1 is 1.33 bits per heavy atom. The summed E-state index contributed by atoms with van der Waals surface area (Å²) in [7, 11) is 1.87. The first-order valence-corrected chi connectivity index (χ1v) is 8.58. The third kappa shape index (κ3) is 4.06. The van der Waals surface area contributed by atoms with Gasteiger partial charge in [0.25, 0.3) is 0 Å². The number of halogens is 1. The predicted molar refractivity (Wildman–Crippen MR) is 112 cm³/mol. The van der Waals surface area contributed by atoms with Crippen LogP contribution in [0.5, 0.6) is 0 Å². The molecule has 6 heteroatoms. The smallest absolute Gasteiger partial charge is 0.194 e. The Balaban J connectivity index is 0.00000288. The van der Waals surface area contributed by atoms with Crippen LogP contribution in [0.25, 0.3) is 0 Å². The average Bonchev–Trinajstić information content (AvgIpc) is 2.76. The van der Waals surface area contributed by atoms with Crippen molar-refractivity contribution in [1.29, 1.82) is 0 Å². The van der Waals surface area contributed by atoms with Crippen LogP contribution in [0.3, 0.4) is 0 Å². The van der Waals surface area contributed by atoms with Gasteiger partial charge in [0.05, 0.1) is 5.69 Å². The van der Waals surface area contributed by atoms with Crippen molar-refractivity contribution in [3.8, 4) is 0 Å². The van der Waals surface area contributed by atoms with Crippen LogP contribution in [0.15, 0.2) is 11.1 Å². The van der Waals surface area contributed by atoms with E-state index in [-0.39, 0.29) is 29.5 Å². The lowest BCUT2D eigenvalue weighted by atomic mass is 9.65. The van der Waals surface area contributed by atoms with Gasteiger partial charge in [-0.15, -0.1) is 24.0 Å². The molecule has 1 aromatic rings. The second kappa shape index (κ2) is 7.62. The highest BCUT2D eigenvalue weighted by atomic mass is 127. The van der Waals surface area contributed by atoms with Crippen molar-refractivity contribution in [2.45, 2.75) is 60.5 Å². The monoisotopic (exact) mass is 447 g/mol. The number of aliphatic imine (C=N–C) groups is 1. The second-order valence-electron chi connectivity index (χ2n) is 8.17. The second-order valence-corrected chi connectivity index (χ2v) is 8.17. The highest BCUT2D eigenvalue weighted by Crippen LogP contribution is 2.46. The maximum Gasteiger partial charge on any atom is 0.194 e. The lowest BCUT2D eigenvalue weighted by Gasteiger charge is -2.62. The van der Waals surface area contributed by atoms with E-state index in [0.29, 0.717) is 11.3 Å². The van der Waals surface area contributed by atoms with Crippen LogP contribution >= 0.6 is 24.0 Å². The molecule has 2 rings (SSSR count). The van der Waals surface area contributed by atoms with Crippen molar-refractivity contribution in [3.05, 3.63) is 17.5 Å². The first-order chi connectivity index (χ1) is 10.6. The normalized spacial score (nSPS) is 20.2. The highest BCUT2D eigenvalue weighted by molar-refractivity contribution is 14.0. The molecule has 1 fully saturated rings. The fourth-order valence-corrected chi connectivity index (χ4v) is 3.18. The van der Waals surface area contributed by atoms with Crippen molar-refractivity contribution in [1.82, 2.24) is 20.0 Å². The van der Waals surface area contributed by atoms with Crippen LogP contribution in [-0.4, -0.2) is 46.3 Å². The molecule has 1 unspecified atom stereocenters. The predicted octanol–water partition coefficient (Wildman–Crippen LogP) is 3.45. The first kappa shape index (κ1) is 21.3. The zero-order chi connectivity index (χ0) is 17.4. The summed E-state index contributed by atoms with van der Waals surface area (Å²) in [4.78, 5) is 6.86. The number of aromatic nitrogens is 2. The molecule has 1 aromatic heterocycles. The molecule has 5 nitrogen and oxygen atoms in total. The number of hydrogen-bond donors (Lipinski definition) is 1. The van der Waals surface area contributed by atoms with Gasteiger partial charge < -0.3 is 10.2 Å². The van der Waals surface area contributed by atoms with Crippen LogP contribution in [0.2, 0.25) is 0 Å². The van der Waals surface area contributed by atoms with E-state index in [1.807, 2.05) is 14.0 Å². The molecule has 1 saturated heterocycles. The van der Waals surface area contributed by atoms with Crippen molar-refractivity contribution in [2.75, 3.05) is 20.1 Å². The summed E-state index contributed by atoms with van der Waals surface area (Å²) < 4.78 is 2.10. The van der Waals surface area contributed by atoms with Gasteiger partial charge in [0.15, 0.2) is 5.96 Å². The highest BCUT2D eigenvalue weighted by Gasteiger charge is 2.53. The van der Waals surface area contributed by atoms with E-state index in [2.05, 4.69) is 72.6 Å². The molecule has 24 heavy (non-hydrogen) atoms. The molecule has 0 aromatic carbocycles. The van der Waals surface area contributed by atoms with Crippen LogP contribution in [0.1, 0.15) is 46.0 Å². The number of rotatable bonds is 4. The molecule has 2 heterocycles. The largest absolute Gasteiger partial charge is 0.356 e. The van der Waals surface area contributed by atoms with Crippen molar-refractivity contribution in [3.63, 3.8) is 0 Å². The molecule has 138 valence electrons. The van der Waals surface area contributed by atoms with Crippen LogP contribution in [0.4, 0.5) is 0 Å². The molecule has 0 radical (unpaired) electrons. The van der Waals surface area contributed by atoms with Crippen molar-refractivity contribution in [2.24, 2.45) is 16.3 Å². The van der Waals surface area contributed by atoms with E-state index in [1.165, 1.54) is 5.69 Å². The molecule has 0 bridgehead atoms. The molecule has 1 aliphatic heterocycles. The maximum absolute atomic E-state index is 4.55. The molecular weight excluding hydrogens is 413 g/mol. The Bertz CT molecular complexity index is 588. The molecule has 0 spiro atoms. The molecule has 0 saturated carbocycles. The first-order valence-electron chi connectivity index (χ1n) is 8.58. The van der Waals surface area contributed by atoms with Gasteiger partial charge in [-0.05, 0) is 39.7 Å². The Kier molecular flexibility index (Phi) is 6.75. The Labute approximate surface area is 164 Å². The lowest BCUT2D eigenvalue weighted by Crippen LogP contribution is -2.72. The summed E-state index contributed by atoms with van der Waals surface area (Å²) in [5.74, 6) is 1.50. The summed E-state index contributed by atoms with van der Waals surface area (Å²) in [6.07, 6.45) is 0. The van der Waals surface area contributed by atoms with Gasteiger partial charge >= 0.3 is 0 Å². The van der Waals surface area contributed by atoms with Crippen LogP contribution in [-0.2, 0) is 6.54 Å². The SMILES string of the molecule is CN=C(NCC(C)Cn1nc(C)cc1C)N1CC(C)(C)C1(C)C.I. The van der Waals surface area contributed by atoms with Gasteiger partial charge in [0.1, 0.15) is 0 Å². The fourth-order valence-electron chi connectivity index (χ4n) is 3.18. The molecule has 1 aliphatic rings.